The Bertz CT molecular complexity index is 180. The molecule has 0 aliphatic carbocycles. The van der Waals surface area contributed by atoms with E-state index in [0.29, 0.717) is 12.0 Å². The second kappa shape index (κ2) is 8.05. The zero-order valence-corrected chi connectivity index (χ0v) is 8.15. The number of hydrogen-bond donors (Lipinski definition) is 1. The molecular formula is C10H18FN. The highest BCUT2D eigenvalue weighted by Crippen LogP contribution is 2.12. The molecule has 0 atom stereocenters. The van der Waals surface area contributed by atoms with E-state index in [1.165, 1.54) is 6.08 Å². The maximum Gasteiger partial charge on any atom is 0.127 e. The van der Waals surface area contributed by atoms with Crippen LogP contribution < -0.4 is 5.73 Å². The molecule has 0 heterocycles. The minimum Gasteiger partial charge on any atom is -0.399 e. The first kappa shape index (κ1) is 13.5. The van der Waals surface area contributed by atoms with Crippen LogP contribution in [0.4, 0.5) is 4.39 Å². The number of halogens is 1. The topological polar surface area (TPSA) is 26.0 Å². The summed E-state index contributed by atoms with van der Waals surface area (Å²) in [5.41, 5.74) is 5.80. The first-order valence-electron chi connectivity index (χ1n) is 4.07. The maximum absolute atomic E-state index is 12.7. The number of hydrogen-bond acceptors (Lipinski definition) is 1. The van der Waals surface area contributed by atoms with E-state index in [1.807, 2.05) is 20.8 Å². The summed E-state index contributed by atoms with van der Waals surface area (Å²) in [6, 6.07) is 0. The average Bonchev–Trinajstić information content (AvgIpc) is 2.05. The Morgan fingerprint density at radius 2 is 1.83 bits per heavy atom. The predicted octanol–water partition coefficient (Wildman–Crippen LogP) is 3.30. The molecule has 0 aromatic heterocycles. The molecule has 0 aliphatic heterocycles. The molecule has 12 heavy (non-hydrogen) atoms. The van der Waals surface area contributed by atoms with Crippen molar-refractivity contribution in [2.75, 3.05) is 0 Å². The smallest absolute Gasteiger partial charge is 0.127 e. The van der Waals surface area contributed by atoms with Crippen molar-refractivity contribution in [3.63, 3.8) is 0 Å². The van der Waals surface area contributed by atoms with E-state index in [2.05, 4.69) is 13.2 Å². The summed E-state index contributed by atoms with van der Waals surface area (Å²) >= 11 is 0. The summed E-state index contributed by atoms with van der Waals surface area (Å²) in [5.74, 6) is -0.380. The fraction of sp³-hybridized carbons (Fsp3) is 0.400. The van der Waals surface area contributed by atoms with Crippen molar-refractivity contribution in [2.45, 2.75) is 27.2 Å². The molecule has 70 valence electrons. The minimum absolute atomic E-state index is 0.215. The SMILES string of the molecule is C=C(N)/C=C(/F)C(=C)CC.CC. The standard InChI is InChI=1S/C8H12FN.C2H6/c1-4-6(2)8(9)5-7(3)10;1-2/h5H,2-4,10H2,1H3;1-2H3/b8-5+;. The number of allylic oxidation sites excluding steroid dienone is 3. The first-order valence-corrected chi connectivity index (χ1v) is 4.07. The highest BCUT2D eigenvalue weighted by atomic mass is 19.1. The molecule has 0 aromatic rings. The molecule has 0 aliphatic rings. The highest BCUT2D eigenvalue weighted by molar-refractivity contribution is 5.27. The van der Waals surface area contributed by atoms with Gasteiger partial charge >= 0.3 is 0 Å². The quantitative estimate of drug-likeness (QED) is 0.648. The van der Waals surface area contributed by atoms with Gasteiger partial charge in [-0.15, -0.1) is 0 Å². The van der Waals surface area contributed by atoms with E-state index in [0.717, 1.165) is 0 Å². The second-order valence-electron chi connectivity index (χ2n) is 2.02. The summed E-state index contributed by atoms with van der Waals surface area (Å²) in [7, 11) is 0. The van der Waals surface area contributed by atoms with Crippen molar-refractivity contribution in [2.24, 2.45) is 5.73 Å². The number of rotatable bonds is 3. The van der Waals surface area contributed by atoms with Gasteiger partial charge in [0, 0.05) is 5.70 Å². The molecule has 0 radical (unpaired) electrons. The van der Waals surface area contributed by atoms with Gasteiger partial charge in [-0.2, -0.15) is 0 Å². The Kier molecular flexibility index (Phi) is 9.08. The maximum atomic E-state index is 12.7. The van der Waals surface area contributed by atoms with Gasteiger partial charge in [-0.1, -0.05) is 33.9 Å². The van der Waals surface area contributed by atoms with E-state index < -0.39 is 0 Å². The van der Waals surface area contributed by atoms with Crippen LogP contribution in [0.2, 0.25) is 0 Å². The lowest BCUT2D eigenvalue weighted by Crippen LogP contribution is -1.91. The van der Waals surface area contributed by atoms with Crippen LogP contribution in [0, 0.1) is 0 Å². The van der Waals surface area contributed by atoms with Crippen molar-refractivity contribution >= 4 is 0 Å². The van der Waals surface area contributed by atoms with Gasteiger partial charge in [-0.3, -0.25) is 0 Å². The average molecular weight is 171 g/mol. The lowest BCUT2D eigenvalue weighted by atomic mass is 10.2. The summed E-state index contributed by atoms with van der Waals surface area (Å²) in [6.07, 6.45) is 1.77. The van der Waals surface area contributed by atoms with E-state index >= 15 is 0 Å². The van der Waals surface area contributed by atoms with Crippen molar-refractivity contribution in [1.82, 2.24) is 0 Å². The van der Waals surface area contributed by atoms with Gasteiger partial charge in [0.1, 0.15) is 5.83 Å². The number of nitrogens with two attached hydrogens (primary N) is 1. The highest BCUT2D eigenvalue weighted by Gasteiger charge is 1.96. The van der Waals surface area contributed by atoms with E-state index in [-0.39, 0.29) is 11.5 Å². The van der Waals surface area contributed by atoms with Gasteiger partial charge in [0.2, 0.25) is 0 Å². The molecule has 0 saturated heterocycles. The molecule has 0 fully saturated rings. The van der Waals surface area contributed by atoms with E-state index in [9.17, 15) is 4.39 Å². The molecule has 0 bridgehead atoms. The van der Waals surface area contributed by atoms with E-state index in [4.69, 9.17) is 5.73 Å². The molecule has 0 amide bonds. The van der Waals surface area contributed by atoms with Crippen LogP contribution in [0.25, 0.3) is 0 Å². The fourth-order valence-electron chi connectivity index (χ4n) is 0.434. The molecule has 0 saturated carbocycles. The lowest BCUT2D eigenvalue weighted by molar-refractivity contribution is 0.643. The minimum atomic E-state index is -0.380. The molecule has 2 heteroatoms. The molecule has 0 rings (SSSR count). The Morgan fingerprint density at radius 3 is 2.08 bits per heavy atom. The predicted molar refractivity (Wildman–Crippen MR) is 53.3 cm³/mol. The van der Waals surface area contributed by atoms with Crippen LogP contribution in [0.3, 0.4) is 0 Å². The van der Waals surface area contributed by atoms with Crippen LogP contribution in [0.15, 0.2) is 36.3 Å². The van der Waals surface area contributed by atoms with Crippen LogP contribution >= 0.6 is 0 Å². The summed E-state index contributed by atoms with van der Waals surface area (Å²) in [6.45, 7) is 12.6. The largest absolute Gasteiger partial charge is 0.399 e. The van der Waals surface area contributed by atoms with Crippen LogP contribution in [-0.4, -0.2) is 0 Å². The van der Waals surface area contributed by atoms with Gasteiger partial charge in [0.05, 0.1) is 0 Å². The third-order valence-electron chi connectivity index (χ3n) is 1.08. The van der Waals surface area contributed by atoms with Crippen LogP contribution in [0.1, 0.15) is 27.2 Å². The zero-order valence-electron chi connectivity index (χ0n) is 8.15. The van der Waals surface area contributed by atoms with Crippen molar-refractivity contribution in [3.05, 3.63) is 36.3 Å². The Morgan fingerprint density at radius 1 is 1.42 bits per heavy atom. The fourth-order valence-corrected chi connectivity index (χ4v) is 0.434. The third kappa shape index (κ3) is 7.06. The molecular weight excluding hydrogens is 153 g/mol. The monoisotopic (exact) mass is 171 g/mol. The Labute approximate surface area is 74.5 Å². The Balaban J connectivity index is 0. The summed E-state index contributed by atoms with van der Waals surface area (Å²) in [4.78, 5) is 0. The Hall–Kier alpha value is -1.05. The first-order chi connectivity index (χ1) is 5.57. The normalized spacial score (nSPS) is 9.83. The van der Waals surface area contributed by atoms with Crippen LogP contribution in [-0.2, 0) is 0 Å². The summed E-state index contributed by atoms with van der Waals surface area (Å²) in [5, 5.41) is 0. The van der Waals surface area contributed by atoms with E-state index in [1.54, 1.807) is 0 Å². The molecule has 0 aromatic carbocycles. The molecule has 0 spiro atoms. The molecule has 1 nitrogen and oxygen atoms in total. The van der Waals surface area contributed by atoms with Gasteiger partial charge < -0.3 is 5.73 Å². The van der Waals surface area contributed by atoms with Crippen molar-refractivity contribution in [3.8, 4) is 0 Å². The van der Waals surface area contributed by atoms with Gasteiger partial charge in [-0.05, 0) is 18.1 Å². The molecule has 2 N–H and O–H groups in total. The van der Waals surface area contributed by atoms with Crippen LogP contribution in [0.5, 0.6) is 0 Å². The van der Waals surface area contributed by atoms with Gasteiger partial charge in [0.15, 0.2) is 0 Å². The van der Waals surface area contributed by atoms with Crippen molar-refractivity contribution < 1.29 is 4.39 Å². The zero-order chi connectivity index (χ0) is 10.1. The third-order valence-corrected chi connectivity index (χ3v) is 1.08. The second-order valence-corrected chi connectivity index (χ2v) is 2.02. The lowest BCUT2D eigenvalue weighted by Gasteiger charge is -1.96. The van der Waals surface area contributed by atoms with Crippen molar-refractivity contribution in [1.29, 1.82) is 0 Å². The van der Waals surface area contributed by atoms with Gasteiger partial charge in [0.25, 0.3) is 0 Å². The summed E-state index contributed by atoms with van der Waals surface area (Å²) < 4.78 is 12.7. The van der Waals surface area contributed by atoms with Gasteiger partial charge in [-0.25, -0.2) is 4.39 Å². The molecule has 0 unspecified atom stereocenters.